The summed E-state index contributed by atoms with van der Waals surface area (Å²) in [4.78, 5) is 11.4. The molecule has 1 rings (SSSR count). The van der Waals surface area contributed by atoms with E-state index >= 15 is 0 Å². The molecule has 0 heterocycles. The Hall–Kier alpha value is -1.46. The highest BCUT2D eigenvalue weighted by atomic mass is 19.1. The summed E-state index contributed by atoms with van der Waals surface area (Å²) in [7, 11) is 1.59. The van der Waals surface area contributed by atoms with Crippen LogP contribution in [0.15, 0.2) is 18.2 Å². The molecule has 0 aliphatic carbocycles. The second kappa shape index (κ2) is 8.61. The van der Waals surface area contributed by atoms with Gasteiger partial charge in [0.2, 0.25) is 5.91 Å². The highest BCUT2D eigenvalue weighted by Crippen LogP contribution is 2.10. The number of aryl methyl sites for hydroxylation is 1. The van der Waals surface area contributed by atoms with Gasteiger partial charge in [0.25, 0.3) is 0 Å². The number of benzene rings is 1. The largest absolute Gasteiger partial charge is 0.383 e. The second-order valence-electron chi connectivity index (χ2n) is 4.34. The fourth-order valence-corrected chi connectivity index (χ4v) is 1.72. The number of carbonyl (C=O) groups is 1. The van der Waals surface area contributed by atoms with Crippen molar-refractivity contribution < 1.29 is 13.9 Å². The quantitative estimate of drug-likeness (QED) is 0.692. The van der Waals surface area contributed by atoms with Crippen LogP contribution in [0.4, 0.5) is 4.39 Å². The van der Waals surface area contributed by atoms with Crippen LogP contribution < -0.4 is 10.6 Å². The summed E-state index contributed by atoms with van der Waals surface area (Å²) < 4.78 is 17.7. The Labute approximate surface area is 113 Å². The van der Waals surface area contributed by atoms with Crippen LogP contribution in [-0.4, -0.2) is 39.3 Å². The van der Waals surface area contributed by atoms with Gasteiger partial charge in [-0.15, -0.1) is 0 Å². The van der Waals surface area contributed by atoms with E-state index in [2.05, 4.69) is 10.6 Å². The molecule has 1 amide bonds. The van der Waals surface area contributed by atoms with Crippen LogP contribution in [0.5, 0.6) is 0 Å². The van der Waals surface area contributed by atoms with Crippen molar-refractivity contribution >= 4 is 5.91 Å². The Bertz CT molecular complexity index is 410. The number of methoxy groups -OCH3 is 1. The molecule has 0 radical (unpaired) electrons. The van der Waals surface area contributed by atoms with Crippen molar-refractivity contribution in [1.29, 1.82) is 0 Å². The number of ether oxygens (including phenoxy) is 1. The van der Waals surface area contributed by atoms with Crippen molar-refractivity contribution in [2.75, 3.05) is 33.4 Å². The number of nitrogens with one attached hydrogen (secondary N) is 2. The van der Waals surface area contributed by atoms with Gasteiger partial charge in [0.05, 0.1) is 13.2 Å². The average molecular weight is 268 g/mol. The van der Waals surface area contributed by atoms with Crippen molar-refractivity contribution in [2.45, 2.75) is 13.3 Å². The van der Waals surface area contributed by atoms with Gasteiger partial charge < -0.3 is 15.4 Å². The molecule has 0 atom stereocenters. The van der Waals surface area contributed by atoms with Crippen LogP contribution in [0.3, 0.4) is 0 Å². The number of halogens is 1. The predicted molar refractivity (Wildman–Crippen MR) is 72.6 cm³/mol. The first-order valence-electron chi connectivity index (χ1n) is 6.35. The smallest absolute Gasteiger partial charge is 0.234 e. The SMILES string of the molecule is COCCNC(=O)CNCCc1ccc(F)cc1C. The fourth-order valence-electron chi connectivity index (χ4n) is 1.72. The van der Waals surface area contributed by atoms with Crippen molar-refractivity contribution in [1.82, 2.24) is 10.6 Å². The standard InChI is InChI=1S/C14H21FN2O2/c1-11-9-13(15)4-3-12(11)5-6-16-10-14(18)17-7-8-19-2/h3-4,9,16H,5-8,10H2,1-2H3,(H,17,18). The first-order chi connectivity index (χ1) is 9.13. The lowest BCUT2D eigenvalue weighted by atomic mass is 10.1. The maximum Gasteiger partial charge on any atom is 0.234 e. The Morgan fingerprint density at radius 3 is 2.84 bits per heavy atom. The molecule has 0 saturated carbocycles. The van der Waals surface area contributed by atoms with Gasteiger partial charge in [-0.1, -0.05) is 6.07 Å². The average Bonchev–Trinajstić information content (AvgIpc) is 2.37. The molecule has 5 heteroatoms. The lowest BCUT2D eigenvalue weighted by molar-refractivity contribution is -0.120. The van der Waals surface area contributed by atoms with Gasteiger partial charge in [-0.2, -0.15) is 0 Å². The number of hydrogen-bond acceptors (Lipinski definition) is 3. The minimum Gasteiger partial charge on any atom is -0.383 e. The molecule has 1 aromatic carbocycles. The number of hydrogen-bond donors (Lipinski definition) is 2. The lowest BCUT2D eigenvalue weighted by Crippen LogP contribution is -2.36. The summed E-state index contributed by atoms with van der Waals surface area (Å²) in [5, 5.41) is 5.78. The van der Waals surface area contributed by atoms with Gasteiger partial charge in [-0.05, 0) is 43.1 Å². The van der Waals surface area contributed by atoms with E-state index in [-0.39, 0.29) is 18.3 Å². The summed E-state index contributed by atoms with van der Waals surface area (Å²) in [6.45, 7) is 3.89. The fraction of sp³-hybridized carbons (Fsp3) is 0.500. The van der Waals surface area contributed by atoms with Crippen LogP contribution in [0.25, 0.3) is 0 Å². The molecule has 0 unspecified atom stereocenters. The van der Waals surface area contributed by atoms with E-state index in [0.29, 0.717) is 19.7 Å². The zero-order chi connectivity index (χ0) is 14.1. The van der Waals surface area contributed by atoms with Crippen LogP contribution in [0.2, 0.25) is 0 Å². The third-order valence-corrected chi connectivity index (χ3v) is 2.79. The normalized spacial score (nSPS) is 10.5. The molecule has 2 N–H and O–H groups in total. The van der Waals surface area contributed by atoms with Gasteiger partial charge in [0.15, 0.2) is 0 Å². The van der Waals surface area contributed by atoms with E-state index in [1.165, 1.54) is 12.1 Å². The summed E-state index contributed by atoms with van der Waals surface area (Å²) in [6.07, 6.45) is 0.775. The van der Waals surface area contributed by atoms with Crippen molar-refractivity contribution in [2.24, 2.45) is 0 Å². The molecule has 0 fully saturated rings. The molecule has 0 aliphatic rings. The topological polar surface area (TPSA) is 50.4 Å². The monoisotopic (exact) mass is 268 g/mol. The minimum atomic E-state index is -0.216. The van der Waals surface area contributed by atoms with E-state index in [1.807, 2.05) is 6.92 Å². The molecular weight excluding hydrogens is 247 g/mol. The van der Waals surface area contributed by atoms with Crippen LogP contribution in [0.1, 0.15) is 11.1 Å². The molecule has 19 heavy (non-hydrogen) atoms. The van der Waals surface area contributed by atoms with Gasteiger partial charge >= 0.3 is 0 Å². The van der Waals surface area contributed by atoms with E-state index in [0.717, 1.165) is 17.5 Å². The summed E-state index contributed by atoms with van der Waals surface area (Å²) in [6, 6.07) is 4.76. The van der Waals surface area contributed by atoms with Gasteiger partial charge in [-0.3, -0.25) is 4.79 Å². The third kappa shape index (κ3) is 6.31. The van der Waals surface area contributed by atoms with Crippen molar-refractivity contribution in [3.8, 4) is 0 Å². The Morgan fingerprint density at radius 2 is 2.16 bits per heavy atom. The zero-order valence-electron chi connectivity index (χ0n) is 11.5. The number of amides is 1. The summed E-state index contributed by atoms with van der Waals surface area (Å²) in [5.74, 6) is -0.264. The van der Waals surface area contributed by atoms with Crippen LogP contribution in [-0.2, 0) is 16.0 Å². The first kappa shape index (κ1) is 15.6. The zero-order valence-corrected chi connectivity index (χ0v) is 11.5. The Balaban J connectivity index is 2.18. The lowest BCUT2D eigenvalue weighted by Gasteiger charge is -2.08. The van der Waals surface area contributed by atoms with Crippen molar-refractivity contribution in [3.63, 3.8) is 0 Å². The molecule has 0 aromatic heterocycles. The summed E-state index contributed by atoms with van der Waals surface area (Å²) >= 11 is 0. The highest BCUT2D eigenvalue weighted by molar-refractivity contribution is 5.77. The molecule has 1 aromatic rings. The van der Waals surface area contributed by atoms with E-state index < -0.39 is 0 Å². The van der Waals surface area contributed by atoms with Crippen molar-refractivity contribution in [3.05, 3.63) is 35.1 Å². The number of rotatable bonds is 8. The highest BCUT2D eigenvalue weighted by Gasteiger charge is 2.02. The minimum absolute atomic E-state index is 0.0483. The van der Waals surface area contributed by atoms with E-state index in [9.17, 15) is 9.18 Å². The molecule has 0 spiro atoms. The number of carbonyl (C=O) groups excluding carboxylic acids is 1. The van der Waals surface area contributed by atoms with Gasteiger partial charge in [0, 0.05) is 13.7 Å². The maximum absolute atomic E-state index is 12.9. The van der Waals surface area contributed by atoms with Crippen LogP contribution >= 0.6 is 0 Å². The van der Waals surface area contributed by atoms with Gasteiger partial charge in [0.1, 0.15) is 5.82 Å². The molecule has 0 saturated heterocycles. The third-order valence-electron chi connectivity index (χ3n) is 2.79. The molecule has 4 nitrogen and oxygen atoms in total. The molecular formula is C14H21FN2O2. The van der Waals surface area contributed by atoms with E-state index in [1.54, 1.807) is 13.2 Å². The van der Waals surface area contributed by atoms with Crippen LogP contribution in [0, 0.1) is 12.7 Å². The molecule has 106 valence electrons. The predicted octanol–water partition coefficient (Wildman–Crippen LogP) is 1.03. The summed E-state index contributed by atoms with van der Waals surface area (Å²) in [5.41, 5.74) is 2.03. The van der Waals surface area contributed by atoms with Gasteiger partial charge in [-0.25, -0.2) is 4.39 Å². The maximum atomic E-state index is 12.9. The second-order valence-corrected chi connectivity index (χ2v) is 4.34. The Kier molecular flexibility index (Phi) is 7.07. The van der Waals surface area contributed by atoms with E-state index in [4.69, 9.17) is 4.74 Å². The first-order valence-corrected chi connectivity index (χ1v) is 6.35. The molecule has 0 bridgehead atoms. The Morgan fingerprint density at radius 1 is 1.37 bits per heavy atom. The molecule has 0 aliphatic heterocycles.